The number of amides is 1. The number of thioether (sulfide) groups is 1. The summed E-state index contributed by atoms with van der Waals surface area (Å²) in [5.41, 5.74) is 0.943. The highest BCUT2D eigenvalue weighted by atomic mass is 32.2. The molecular weight excluding hydrogens is 378 g/mol. The van der Waals surface area contributed by atoms with Gasteiger partial charge in [0.15, 0.2) is 0 Å². The van der Waals surface area contributed by atoms with Gasteiger partial charge in [-0.1, -0.05) is 31.5 Å². The highest BCUT2D eigenvalue weighted by molar-refractivity contribution is 7.99. The molecule has 1 saturated carbocycles. The minimum absolute atomic E-state index is 0.0676. The van der Waals surface area contributed by atoms with Gasteiger partial charge in [0.1, 0.15) is 11.5 Å². The molecule has 1 aliphatic carbocycles. The lowest BCUT2D eigenvalue weighted by Crippen LogP contribution is -2.39. The number of aromatic nitrogens is 2. The average molecular weight is 406 g/mol. The van der Waals surface area contributed by atoms with E-state index in [1.54, 1.807) is 14.2 Å². The Bertz CT molecular complexity index is 790. The summed E-state index contributed by atoms with van der Waals surface area (Å²) in [6, 6.07) is 5.93. The van der Waals surface area contributed by atoms with E-state index in [4.69, 9.17) is 13.9 Å². The fraction of sp³-hybridized carbons (Fsp3) is 0.550. The minimum atomic E-state index is 0.0676. The lowest BCUT2D eigenvalue weighted by molar-refractivity contribution is -0.131. The molecule has 0 saturated heterocycles. The van der Waals surface area contributed by atoms with Gasteiger partial charge in [0.25, 0.3) is 5.22 Å². The number of carbonyl (C=O) groups excluding carboxylic acids is 1. The average Bonchev–Trinajstić information content (AvgIpc) is 3.41. The standard InChI is InChI=1S/C20H27N3O4S/c1-4-18-21-22-20(27-18)28-13-19(24)23(15-7-5-6-8-15)12-14-11-16(25-2)9-10-17(14)26-3/h9-11,15H,4-8,12-13H2,1-3H3. The summed E-state index contributed by atoms with van der Waals surface area (Å²) < 4.78 is 16.4. The molecule has 3 rings (SSSR count). The van der Waals surface area contributed by atoms with Crippen molar-refractivity contribution in [3.63, 3.8) is 0 Å². The number of methoxy groups -OCH3 is 2. The van der Waals surface area contributed by atoms with Crippen molar-refractivity contribution in [1.29, 1.82) is 0 Å². The quantitative estimate of drug-likeness (QED) is 0.589. The molecule has 0 unspecified atom stereocenters. The lowest BCUT2D eigenvalue weighted by atomic mass is 10.1. The predicted molar refractivity (Wildman–Crippen MR) is 107 cm³/mol. The van der Waals surface area contributed by atoms with E-state index in [-0.39, 0.29) is 17.7 Å². The number of ether oxygens (including phenoxy) is 2. The van der Waals surface area contributed by atoms with E-state index in [9.17, 15) is 4.79 Å². The normalized spacial score (nSPS) is 14.2. The number of rotatable bonds is 9. The summed E-state index contributed by atoms with van der Waals surface area (Å²) in [4.78, 5) is 15.0. The van der Waals surface area contributed by atoms with E-state index in [0.29, 0.717) is 24.1 Å². The van der Waals surface area contributed by atoms with Gasteiger partial charge < -0.3 is 18.8 Å². The van der Waals surface area contributed by atoms with Gasteiger partial charge in [-0.15, -0.1) is 10.2 Å². The van der Waals surface area contributed by atoms with Gasteiger partial charge in [0.2, 0.25) is 11.8 Å². The second-order valence-corrected chi connectivity index (χ2v) is 7.67. The van der Waals surface area contributed by atoms with Crippen LogP contribution in [-0.4, -0.2) is 47.0 Å². The molecule has 152 valence electrons. The molecule has 0 bridgehead atoms. The molecule has 1 aromatic carbocycles. The van der Waals surface area contributed by atoms with Crippen LogP contribution < -0.4 is 9.47 Å². The van der Waals surface area contributed by atoms with Crippen LogP contribution in [-0.2, 0) is 17.8 Å². The van der Waals surface area contributed by atoms with Crippen LogP contribution in [0.15, 0.2) is 27.8 Å². The molecule has 2 aromatic rings. The first-order valence-corrected chi connectivity index (χ1v) is 10.6. The van der Waals surface area contributed by atoms with E-state index in [2.05, 4.69) is 10.2 Å². The monoisotopic (exact) mass is 405 g/mol. The van der Waals surface area contributed by atoms with Crippen molar-refractivity contribution in [3.8, 4) is 11.5 Å². The number of carbonyl (C=O) groups is 1. The third-order valence-electron chi connectivity index (χ3n) is 4.98. The molecule has 0 aliphatic heterocycles. The molecule has 1 heterocycles. The number of aryl methyl sites for hydroxylation is 1. The fourth-order valence-corrected chi connectivity index (χ4v) is 4.14. The van der Waals surface area contributed by atoms with Crippen molar-refractivity contribution in [2.24, 2.45) is 0 Å². The van der Waals surface area contributed by atoms with Gasteiger partial charge in [-0.2, -0.15) is 0 Å². The molecule has 28 heavy (non-hydrogen) atoms. The molecular formula is C20H27N3O4S. The van der Waals surface area contributed by atoms with E-state index in [1.165, 1.54) is 11.8 Å². The molecule has 8 heteroatoms. The first-order valence-electron chi connectivity index (χ1n) is 9.60. The topological polar surface area (TPSA) is 77.7 Å². The number of hydrogen-bond acceptors (Lipinski definition) is 7. The summed E-state index contributed by atoms with van der Waals surface area (Å²) in [6.45, 7) is 2.45. The summed E-state index contributed by atoms with van der Waals surface area (Å²) in [5.74, 6) is 2.44. The van der Waals surface area contributed by atoms with Crippen molar-refractivity contribution < 1.29 is 18.7 Å². The second kappa shape index (κ2) is 9.82. The summed E-state index contributed by atoms with van der Waals surface area (Å²) in [6.07, 6.45) is 5.05. The Balaban J connectivity index is 1.74. The summed E-state index contributed by atoms with van der Waals surface area (Å²) in [5, 5.41) is 8.38. The van der Waals surface area contributed by atoms with Gasteiger partial charge in [-0.3, -0.25) is 4.79 Å². The zero-order chi connectivity index (χ0) is 19.9. The minimum Gasteiger partial charge on any atom is -0.497 e. The Morgan fingerprint density at radius 2 is 2.04 bits per heavy atom. The number of benzene rings is 1. The largest absolute Gasteiger partial charge is 0.497 e. The van der Waals surface area contributed by atoms with E-state index < -0.39 is 0 Å². The third-order valence-corrected chi connectivity index (χ3v) is 5.79. The molecule has 0 spiro atoms. The van der Waals surface area contributed by atoms with Crippen molar-refractivity contribution in [2.45, 2.75) is 56.8 Å². The first-order chi connectivity index (χ1) is 13.6. The molecule has 1 fully saturated rings. The van der Waals surface area contributed by atoms with Gasteiger partial charge in [0, 0.05) is 24.6 Å². The molecule has 1 amide bonds. The SMILES string of the molecule is CCc1nnc(SCC(=O)N(Cc2cc(OC)ccc2OC)C2CCCC2)o1. The Morgan fingerprint density at radius 3 is 2.68 bits per heavy atom. The maximum absolute atomic E-state index is 13.1. The van der Waals surface area contributed by atoms with E-state index in [1.807, 2.05) is 30.0 Å². The van der Waals surface area contributed by atoms with Crippen LogP contribution in [0.3, 0.4) is 0 Å². The van der Waals surface area contributed by atoms with Crippen molar-refractivity contribution >= 4 is 17.7 Å². The third kappa shape index (κ3) is 4.98. The zero-order valence-electron chi connectivity index (χ0n) is 16.6. The molecule has 0 radical (unpaired) electrons. The van der Waals surface area contributed by atoms with Gasteiger partial charge in [-0.05, 0) is 31.0 Å². The molecule has 1 aliphatic rings. The van der Waals surface area contributed by atoms with Crippen molar-refractivity contribution in [2.75, 3.05) is 20.0 Å². The highest BCUT2D eigenvalue weighted by Crippen LogP contribution is 2.30. The van der Waals surface area contributed by atoms with Gasteiger partial charge >= 0.3 is 0 Å². The van der Waals surface area contributed by atoms with Crippen LogP contribution in [0.1, 0.15) is 44.1 Å². The Kier molecular flexibility index (Phi) is 7.19. The molecule has 0 atom stereocenters. The van der Waals surface area contributed by atoms with Gasteiger partial charge in [0.05, 0.1) is 20.0 Å². The van der Waals surface area contributed by atoms with E-state index >= 15 is 0 Å². The van der Waals surface area contributed by atoms with Crippen molar-refractivity contribution in [1.82, 2.24) is 15.1 Å². The maximum Gasteiger partial charge on any atom is 0.277 e. The number of nitrogens with zero attached hydrogens (tertiary/aromatic N) is 3. The van der Waals surface area contributed by atoms with Crippen LogP contribution in [0.25, 0.3) is 0 Å². The summed E-state index contributed by atoms with van der Waals surface area (Å²) in [7, 11) is 3.28. The number of hydrogen-bond donors (Lipinski definition) is 0. The molecule has 0 N–H and O–H groups in total. The Hall–Kier alpha value is -2.22. The highest BCUT2D eigenvalue weighted by Gasteiger charge is 2.28. The van der Waals surface area contributed by atoms with Crippen LogP contribution in [0.5, 0.6) is 11.5 Å². The van der Waals surface area contributed by atoms with E-state index in [0.717, 1.165) is 42.7 Å². The lowest BCUT2D eigenvalue weighted by Gasteiger charge is -2.29. The van der Waals surface area contributed by atoms with Crippen LogP contribution in [0.2, 0.25) is 0 Å². The second-order valence-electron chi connectivity index (χ2n) is 6.74. The summed E-state index contributed by atoms with van der Waals surface area (Å²) >= 11 is 1.29. The Morgan fingerprint density at radius 1 is 1.25 bits per heavy atom. The molecule has 1 aromatic heterocycles. The molecule has 7 nitrogen and oxygen atoms in total. The van der Waals surface area contributed by atoms with Crippen LogP contribution in [0, 0.1) is 0 Å². The predicted octanol–water partition coefficient (Wildman–Crippen LogP) is 3.71. The Labute approximate surface area is 169 Å². The fourth-order valence-electron chi connectivity index (χ4n) is 3.47. The van der Waals surface area contributed by atoms with Crippen molar-refractivity contribution in [3.05, 3.63) is 29.7 Å². The smallest absolute Gasteiger partial charge is 0.277 e. The van der Waals surface area contributed by atoms with Gasteiger partial charge in [-0.25, -0.2) is 0 Å². The first kappa shape index (κ1) is 20.5. The van der Waals surface area contributed by atoms with Crippen LogP contribution >= 0.6 is 11.8 Å². The maximum atomic E-state index is 13.1. The van der Waals surface area contributed by atoms with Crippen LogP contribution in [0.4, 0.5) is 0 Å². The zero-order valence-corrected chi connectivity index (χ0v) is 17.5.